The Hall–Kier alpha value is -1.09. The van der Waals surface area contributed by atoms with E-state index in [0.717, 1.165) is 25.7 Å². The summed E-state index contributed by atoms with van der Waals surface area (Å²) in [7, 11) is 0. The molecule has 0 aromatic rings. The van der Waals surface area contributed by atoms with Crippen LogP contribution in [0.5, 0.6) is 0 Å². The fourth-order valence-corrected chi connectivity index (χ4v) is 2.62. The van der Waals surface area contributed by atoms with Crippen molar-refractivity contribution in [3.63, 3.8) is 0 Å². The van der Waals surface area contributed by atoms with Crippen molar-refractivity contribution >= 4 is 5.91 Å². The normalized spacial score (nSPS) is 14.6. The molecule has 0 aromatic carbocycles. The second-order valence-electron chi connectivity index (χ2n) is 6.42. The van der Waals surface area contributed by atoms with Gasteiger partial charge in [0.1, 0.15) is 0 Å². The highest BCUT2D eigenvalue weighted by molar-refractivity contribution is 5.77. The second kappa shape index (κ2) is 15.8. The number of allylic oxidation sites excluding steroid dienone is 4. The van der Waals surface area contributed by atoms with Gasteiger partial charge in [0, 0.05) is 0 Å². The predicted molar refractivity (Wildman–Crippen MR) is 99.1 cm³/mol. The summed E-state index contributed by atoms with van der Waals surface area (Å²) in [5, 5.41) is 9.47. The Morgan fingerprint density at radius 1 is 0.957 bits per heavy atom. The van der Waals surface area contributed by atoms with Gasteiger partial charge in [-0.25, -0.2) is 0 Å². The second-order valence-corrected chi connectivity index (χ2v) is 6.42. The van der Waals surface area contributed by atoms with E-state index in [1.165, 1.54) is 38.5 Å². The lowest BCUT2D eigenvalue weighted by Crippen LogP contribution is -2.31. The van der Waals surface area contributed by atoms with Gasteiger partial charge < -0.3 is 10.8 Å². The molecule has 0 aliphatic heterocycles. The highest BCUT2D eigenvalue weighted by Crippen LogP contribution is 2.15. The number of carbonyl (C=O) groups is 1. The lowest BCUT2D eigenvalue weighted by atomic mass is 9.95. The fourth-order valence-electron chi connectivity index (χ4n) is 2.62. The quantitative estimate of drug-likeness (QED) is 0.333. The Bertz CT molecular complexity index is 335. The van der Waals surface area contributed by atoms with Crippen LogP contribution in [-0.2, 0) is 4.79 Å². The minimum Gasteiger partial charge on any atom is -0.393 e. The molecule has 23 heavy (non-hydrogen) atoms. The molecule has 2 atom stereocenters. The first-order valence-electron chi connectivity index (χ1n) is 9.37. The van der Waals surface area contributed by atoms with Gasteiger partial charge in [0.25, 0.3) is 0 Å². The molecule has 3 heteroatoms. The minimum absolute atomic E-state index is 0.384. The monoisotopic (exact) mass is 323 g/mol. The fraction of sp³-hybridized carbons (Fsp3) is 0.750. The third kappa shape index (κ3) is 14.2. The number of unbranched alkanes of at least 4 members (excludes halogenated alkanes) is 7. The van der Waals surface area contributed by atoms with E-state index in [2.05, 4.69) is 31.2 Å². The van der Waals surface area contributed by atoms with Crippen LogP contribution in [0, 0.1) is 5.92 Å². The molecule has 0 saturated heterocycles. The summed E-state index contributed by atoms with van der Waals surface area (Å²) in [6, 6.07) is 0. The summed E-state index contributed by atoms with van der Waals surface area (Å²) in [4.78, 5) is 11.2. The molecule has 0 fully saturated rings. The largest absolute Gasteiger partial charge is 0.393 e. The zero-order valence-corrected chi connectivity index (χ0v) is 15.2. The van der Waals surface area contributed by atoms with Crippen LogP contribution in [0.1, 0.15) is 84.5 Å². The molecule has 2 unspecified atom stereocenters. The van der Waals surface area contributed by atoms with Crippen LogP contribution in [0.3, 0.4) is 0 Å². The average Bonchev–Trinajstić information content (AvgIpc) is 2.50. The molecular weight excluding hydrogens is 286 g/mol. The Morgan fingerprint density at radius 2 is 1.52 bits per heavy atom. The Balaban J connectivity index is 3.45. The van der Waals surface area contributed by atoms with E-state index < -0.39 is 6.10 Å². The Morgan fingerprint density at radius 3 is 2.04 bits per heavy atom. The third-order valence-electron chi connectivity index (χ3n) is 4.16. The van der Waals surface area contributed by atoms with E-state index in [4.69, 9.17) is 5.73 Å². The molecule has 0 aliphatic carbocycles. The molecule has 0 radical (unpaired) electrons. The van der Waals surface area contributed by atoms with Gasteiger partial charge in [-0.1, -0.05) is 63.3 Å². The number of primary amides is 1. The molecule has 0 aliphatic rings. The first kappa shape index (κ1) is 21.9. The molecule has 3 N–H and O–H groups in total. The molecule has 0 bridgehead atoms. The lowest BCUT2D eigenvalue weighted by Gasteiger charge is -2.15. The highest BCUT2D eigenvalue weighted by Gasteiger charge is 2.19. The van der Waals surface area contributed by atoms with Crippen LogP contribution < -0.4 is 5.73 Å². The molecule has 0 spiro atoms. The van der Waals surface area contributed by atoms with Crippen molar-refractivity contribution in [2.24, 2.45) is 11.7 Å². The number of aliphatic hydroxyl groups excluding tert-OH is 1. The Labute approximate surface area is 143 Å². The van der Waals surface area contributed by atoms with Gasteiger partial charge in [0.15, 0.2) is 0 Å². The third-order valence-corrected chi connectivity index (χ3v) is 4.16. The van der Waals surface area contributed by atoms with Crippen LogP contribution in [-0.4, -0.2) is 17.1 Å². The smallest absolute Gasteiger partial charge is 0.223 e. The maximum Gasteiger partial charge on any atom is 0.223 e. The van der Waals surface area contributed by atoms with E-state index in [0.29, 0.717) is 6.42 Å². The summed E-state index contributed by atoms with van der Waals surface area (Å²) in [5.41, 5.74) is 5.28. The maximum absolute atomic E-state index is 11.2. The summed E-state index contributed by atoms with van der Waals surface area (Å²) >= 11 is 0. The highest BCUT2D eigenvalue weighted by atomic mass is 16.3. The van der Waals surface area contributed by atoms with E-state index in [-0.39, 0.29) is 11.8 Å². The zero-order chi connectivity index (χ0) is 17.3. The van der Waals surface area contributed by atoms with E-state index in [9.17, 15) is 9.90 Å². The number of carbonyl (C=O) groups excluding carboxylic acids is 1. The van der Waals surface area contributed by atoms with Gasteiger partial charge >= 0.3 is 0 Å². The Kier molecular flexibility index (Phi) is 15.0. The van der Waals surface area contributed by atoms with Crippen molar-refractivity contribution in [3.05, 3.63) is 24.3 Å². The first-order valence-corrected chi connectivity index (χ1v) is 9.37. The van der Waals surface area contributed by atoms with E-state index in [1.807, 2.05) is 0 Å². The molecule has 0 aromatic heterocycles. The number of amides is 1. The average molecular weight is 324 g/mol. The summed E-state index contributed by atoms with van der Waals surface area (Å²) in [6.45, 7) is 3.87. The van der Waals surface area contributed by atoms with Crippen LogP contribution in [0.4, 0.5) is 0 Å². The predicted octanol–water partition coefficient (Wildman–Crippen LogP) is 4.89. The molecule has 3 nitrogen and oxygen atoms in total. The summed E-state index contributed by atoms with van der Waals surface area (Å²) in [6.07, 6.45) is 20.8. The van der Waals surface area contributed by atoms with E-state index >= 15 is 0 Å². The zero-order valence-electron chi connectivity index (χ0n) is 15.2. The van der Waals surface area contributed by atoms with Crippen molar-refractivity contribution in [2.75, 3.05) is 0 Å². The summed E-state index contributed by atoms with van der Waals surface area (Å²) in [5.74, 6) is -0.773. The van der Waals surface area contributed by atoms with Gasteiger partial charge in [0.05, 0.1) is 12.0 Å². The topological polar surface area (TPSA) is 63.3 Å². The van der Waals surface area contributed by atoms with Crippen molar-refractivity contribution < 1.29 is 9.90 Å². The van der Waals surface area contributed by atoms with Crippen LogP contribution in [0.2, 0.25) is 0 Å². The van der Waals surface area contributed by atoms with Crippen molar-refractivity contribution in [1.82, 2.24) is 0 Å². The van der Waals surface area contributed by atoms with Crippen LogP contribution in [0.15, 0.2) is 24.3 Å². The number of hydrogen-bond donors (Lipinski definition) is 2. The minimum atomic E-state index is -0.634. The van der Waals surface area contributed by atoms with Gasteiger partial charge in [0.2, 0.25) is 5.91 Å². The molecule has 0 saturated carbocycles. The van der Waals surface area contributed by atoms with Gasteiger partial charge in [-0.05, 0) is 45.4 Å². The number of aliphatic hydroxyl groups is 1. The van der Waals surface area contributed by atoms with Crippen molar-refractivity contribution in [2.45, 2.75) is 90.6 Å². The maximum atomic E-state index is 11.2. The van der Waals surface area contributed by atoms with Crippen molar-refractivity contribution in [3.8, 4) is 0 Å². The van der Waals surface area contributed by atoms with E-state index in [1.54, 1.807) is 6.92 Å². The van der Waals surface area contributed by atoms with Gasteiger partial charge in [-0.15, -0.1) is 0 Å². The van der Waals surface area contributed by atoms with Crippen LogP contribution >= 0.6 is 0 Å². The SMILES string of the molecule is CCCCC/C=C/C/C=C/CCCCCCC(C(N)=O)C(C)O. The molecular formula is C20H37NO2. The number of nitrogens with two attached hydrogens (primary N) is 1. The van der Waals surface area contributed by atoms with Crippen molar-refractivity contribution in [1.29, 1.82) is 0 Å². The molecule has 0 heterocycles. The van der Waals surface area contributed by atoms with Gasteiger partial charge in [-0.2, -0.15) is 0 Å². The van der Waals surface area contributed by atoms with Crippen LogP contribution in [0.25, 0.3) is 0 Å². The molecule has 1 amide bonds. The first-order chi connectivity index (χ1) is 11.1. The number of hydrogen-bond acceptors (Lipinski definition) is 2. The number of rotatable bonds is 15. The van der Waals surface area contributed by atoms with Gasteiger partial charge in [-0.3, -0.25) is 4.79 Å². The molecule has 0 rings (SSSR count). The standard InChI is InChI=1S/C20H37NO2/c1-3-4-5-6-7-8-9-10-11-12-13-14-15-16-17-19(18(2)22)20(21)23/h7-8,10-11,18-19,22H,3-6,9,12-17H2,1-2H3,(H2,21,23)/b8-7+,11-10+. The lowest BCUT2D eigenvalue weighted by molar-refractivity contribution is -0.125. The summed E-state index contributed by atoms with van der Waals surface area (Å²) < 4.78 is 0. The molecule has 134 valence electrons.